The summed E-state index contributed by atoms with van der Waals surface area (Å²) in [5, 5.41) is 6.64. The van der Waals surface area contributed by atoms with E-state index in [0.717, 1.165) is 182 Å². The highest BCUT2D eigenvalue weighted by molar-refractivity contribution is 9.12. The van der Waals surface area contributed by atoms with Crippen LogP contribution in [0.1, 0.15) is 188 Å². The molecule has 4 aromatic carbocycles. The normalized spacial score (nSPS) is 11.6. The average molecular weight is 1060 g/mol. The van der Waals surface area contributed by atoms with Gasteiger partial charge in [-0.2, -0.15) is 0 Å². The molecule has 5 aromatic rings. The summed E-state index contributed by atoms with van der Waals surface area (Å²) in [5.41, 5.74) is 1.43. The van der Waals surface area contributed by atoms with Crippen LogP contribution in [0, 0.1) is 0 Å². The zero-order valence-electron chi connectivity index (χ0n) is 41.4. The summed E-state index contributed by atoms with van der Waals surface area (Å²) in [4.78, 5) is 0. The van der Waals surface area contributed by atoms with Gasteiger partial charge in [-0.05, 0) is 164 Å². The molecule has 0 aliphatic rings. The molecule has 0 spiro atoms. The molecule has 1 heterocycles. The SMILES string of the molecule is CCCCCOc1cc2c3cc(OCCCCC)c(OCCCCC)cc3c3cc(OCCCCCCCCCCc4cc(Br)sc4Br)c(OCCCCC)cc3c2cc1OCCCCC. The van der Waals surface area contributed by atoms with Crippen LogP contribution in [0.3, 0.4) is 0 Å². The second-order valence-corrected chi connectivity index (χ2v) is 21.8. The molecule has 0 saturated carbocycles. The Kier molecular flexibility index (Phi) is 25.6. The second-order valence-electron chi connectivity index (χ2n) is 18.1. The molecule has 0 N–H and O–H groups in total. The van der Waals surface area contributed by atoms with Crippen molar-refractivity contribution in [3.63, 3.8) is 0 Å². The molecule has 0 bridgehead atoms. The van der Waals surface area contributed by atoms with Gasteiger partial charge in [0.05, 0.1) is 47.2 Å². The van der Waals surface area contributed by atoms with E-state index in [-0.39, 0.29) is 0 Å². The predicted molar refractivity (Wildman–Crippen MR) is 290 cm³/mol. The minimum absolute atomic E-state index is 0.652. The van der Waals surface area contributed by atoms with Gasteiger partial charge in [0.25, 0.3) is 0 Å². The molecule has 0 radical (unpaired) electrons. The predicted octanol–water partition coefficient (Wildman–Crippen LogP) is 19.3. The highest BCUT2D eigenvalue weighted by Gasteiger charge is 2.21. The van der Waals surface area contributed by atoms with E-state index in [4.69, 9.17) is 28.4 Å². The molecule has 0 atom stereocenters. The Morgan fingerprint density at radius 2 is 0.561 bits per heavy atom. The van der Waals surface area contributed by atoms with E-state index in [0.29, 0.717) is 39.6 Å². The lowest BCUT2D eigenvalue weighted by atomic mass is 9.93. The summed E-state index contributed by atoms with van der Waals surface area (Å²) in [5.74, 6) is 4.81. The molecule has 1 aromatic heterocycles. The lowest BCUT2D eigenvalue weighted by Gasteiger charge is -2.21. The van der Waals surface area contributed by atoms with Crippen LogP contribution in [0.15, 0.2) is 50.0 Å². The van der Waals surface area contributed by atoms with Gasteiger partial charge >= 0.3 is 0 Å². The van der Waals surface area contributed by atoms with E-state index in [1.54, 1.807) is 11.3 Å². The van der Waals surface area contributed by atoms with Gasteiger partial charge in [-0.3, -0.25) is 0 Å². The largest absolute Gasteiger partial charge is 0.490 e. The Hall–Kier alpha value is -2.88. The fraction of sp³-hybridized carbons (Fsp3) is 0.614. The number of rotatable bonds is 37. The molecule has 9 heteroatoms. The Labute approximate surface area is 419 Å². The summed E-state index contributed by atoms with van der Waals surface area (Å²) in [6.07, 6.45) is 27.4. The summed E-state index contributed by atoms with van der Waals surface area (Å²) >= 11 is 9.09. The highest BCUT2D eigenvalue weighted by Crippen LogP contribution is 2.47. The van der Waals surface area contributed by atoms with Crippen LogP contribution in [0.5, 0.6) is 34.5 Å². The van der Waals surface area contributed by atoms with Gasteiger partial charge in [0.1, 0.15) is 0 Å². The van der Waals surface area contributed by atoms with Crippen molar-refractivity contribution < 1.29 is 28.4 Å². The van der Waals surface area contributed by atoms with Crippen molar-refractivity contribution in [2.75, 3.05) is 39.6 Å². The van der Waals surface area contributed by atoms with Gasteiger partial charge in [0, 0.05) is 0 Å². The lowest BCUT2D eigenvalue weighted by molar-refractivity contribution is 0.259. The third-order valence-corrected chi connectivity index (χ3v) is 14.9. The van der Waals surface area contributed by atoms with E-state index in [1.165, 1.54) is 51.7 Å². The van der Waals surface area contributed by atoms with Crippen LogP contribution in [0.4, 0.5) is 0 Å². The monoisotopic (exact) mass is 1050 g/mol. The van der Waals surface area contributed by atoms with Crippen molar-refractivity contribution in [3.05, 3.63) is 55.6 Å². The van der Waals surface area contributed by atoms with Crippen molar-refractivity contribution >= 4 is 75.5 Å². The van der Waals surface area contributed by atoms with Gasteiger partial charge < -0.3 is 28.4 Å². The molecule has 366 valence electrons. The highest BCUT2D eigenvalue weighted by atomic mass is 79.9. The zero-order valence-corrected chi connectivity index (χ0v) is 45.4. The number of ether oxygens (including phenoxy) is 6. The first-order valence-electron chi connectivity index (χ1n) is 26.2. The number of hydrogen-bond acceptors (Lipinski definition) is 7. The van der Waals surface area contributed by atoms with Crippen molar-refractivity contribution in [2.24, 2.45) is 0 Å². The summed E-state index contributed by atoms with van der Waals surface area (Å²) in [6, 6.07) is 15.6. The van der Waals surface area contributed by atoms with Crippen molar-refractivity contribution in [2.45, 2.75) is 189 Å². The molecule has 0 amide bonds. The first-order valence-corrected chi connectivity index (χ1v) is 28.6. The molecule has 0 aliphatic carbocycles. The maximum absolute atomic E-state index is 6.75. The first-order chi connectivity index (χ1) is 32.4. The van der Waals surface area contributed by atoms with Gasteiger partial charge in [-0.25, -0.2) is 0 Å². The van der Waals surface area contributed by atoms with E-state index < -0.39 is 0 Å². The van der Waals surface area contributed by atoms with Crippen molar-refractivity contribution in [1.82, 2.24) is 0 Å². The minimum atomic E-state index is 0.652. The van der Waals surface area contributed by atoms with Crippen molar-refractivity contribution in [3.8, 4) is 34.5 Å². The van der Waals surface area contributed by atoms with Gasteiger partial charge in [-0.1, -0.05) is 137 Å². The average Bonchev–Trinajstić information content (AvgIpc) is 3.65. The maximum atomic E-state index is 6.75. The van der Waals surface area contributed by atoms with Gasteiger partial charge in [0.15, 0.2) is 34.5 Å². The van der Waals surface area contributed by atoms with E-state index in [1.807, 2.05) is 0 Å². The van der Waals surface area contributed by atoms with Crippen LogP contribution >= 0.6 is 43.2 Å². The Morgan fingerprint density at radius 1 is 0.318 bits per heavy atom. The van der Waals surface area contributed by atoms with Crippen LogP contribution < -0.4 is 28.4 Å². The number of unbranched alkanes of at least 4 members (excludes halogenated alkanes) is 17. The minimum Gasteiger partial charge on any atom is -0.490 e. The second kappa shape index (κ2) is 31.3. The molecule has 6 nitrogen and oxygen atoms in total. The van der Waals surface area contributed by atoms with Gasteiger partial charge in [-0.15, -0.1) is 11.3 Å². The summed E-state index contributed by atoms with van der Waals surface area (Å²) in [7, 11) is 0. The third-order valence-electron chi connectivity index (χ3n) is 12.5. The third kappa shape index (κ3) is 17.3. The molecule has 0 unspecified atom stereocenters. The summed E-state index contributed by atoms with van der Waals surface area (Å²) < 4.78 is 42.3. The Balaban J connectivity index is 1.48. The van der Waals surface area contributed by atoms with Crippen LogP contribution in [0.2, 0.25) is 0 Å². The zero-order chi connectivity index (χ0) is 46.8. The standard InChI is InChI=1S/C57H82Br2O6S/c1-6-11-23-30-60-50-37-44-45-38-51(61-31-24-12-7-2)53(63-33-26-14-9-4)40-47(45)49-42-55(65-35-28-21-19-17-16-18-20-22-29-43-36-56(58)66-57(43)59)54(64-34-27-15-10-5)41-48(49)46(44)39-52(50)62-32-25-13-8-3/h36-42H,6-35H2,1-5H3. The molecule has 0 aliphatic heterocycles. The number of halogens is 2. The van der Waals surface area contributed by atoms with E-state index in [2.05, 4.69) is 109 Å². The maximum Gasteiger partial charge on any atom is 0.161 e. The van der Waals surface area contributed by atoms with Crippen LogP contribution in [0.25, 0.3) is 32.3 Å². The fourth-order valence-corrected chi connectivity index (χ4v) is 11.5. The number of aryl methyl sites for hydroxylation is 1. The lowest BCUT2D eigenvalue weighted by Crippen LogP contribution is -2.05. The van der Waals surface area contributed by atoms with E-state index in [9.17, 15) is 0 Å². The number of hydrogen-bond donors (Lipinski definition) is 0. The first kappa shape index (κ1) is 54.1. The number of benzene rings is 4. The topological polar surface area (TPSA) is 55.4 Å². The van der Waals surface area contributed by atoms with Gasteiger partial charge in [0.2, 0.25) is 0 Å². The Bertz CT molecular complexity index is 2100. The Morgan fingerprint density at radius 3 is 0.803 bits per heavy atom. The molecule has 66 heavy (non-hydrogen) atoms. The van der Waals surface area contributed by atoms with Crippen LogP contribution in [-0.2, 0) is 6.42 Å². The summed E-state index contributed by atoms with van der Waals surface area (Å²) in [6.45, 7) is 15.1. The molecular weight excluding hydrogens is 972 g/mol. The van der Waals surface area contributed by atoms with Crippen LogP contribution in [-0.4, -0.2) is 39.6 Å². The van der Waals surface area contributed by atoms with Crippen molar-refractivity contribution in [1.29, 1.82) is 0 Å². The molecule has 0 fully saturated rings. The number of fused-ring (bicyclic) bond motifs is 6. The molecular formula is C57H82Br2O6S. The van der Waals surface area contributed by atoms with E-state index >= 15 is 0 Å². The quantitative estimate of drug-likeness (QED) is 0.0292. The molecule has 0 saturated heterocycles. The smallest absolute Gasteiger partial charge is 0.161 e. The molecule has 5 rings (SSSR count). The fourth-order valence-electron chi connectivity index (χ4n) is 8.57. The number of thiophene rings is 1.